The van der Waals surface area contributed by atoms with E-state index in [0.29, 0.717) is 10.6 Å². The molecule has 31 heavy (non-hydrogen) atoms. The van der Waals surface area contributed by atoms with Gasteiger partial charge >= 0.3 is 5.97 Å². The van der Waals surface area contributed by atoms with Crippen LogP contribution in [-0.4, -0.2) is 25.1 Å². The Morgan fingerprint density at radius 2 is 1.81 bits per heavy atom. The Balaban J connectivity index is 1.85. The minimum absolute atomic E-state index is 0.0696. The highest BCUT2D eigenvalue weighted by molar-refractivity contribution is 7.17. The molecular weight excluding hydrogens is 410 g/mol. The molecule has 6 heteroatoms. The van der Waals surface area contributed by atoms with Crippen LogP contribution in [0.2, 0.25) is 0 Å². The van der Waals surface area contributed by atoms with E-state index in [1.807, 2.05) is 75.4 Å². The average molecular weight is 436 g/mol. The first-order valence-corrected chi connectivity index (χ1v) is 10.7. The van der Waals surface area contributed by atoms with Gasteiger partial charge in [0.05, 0.1) is 13.2 Å². The van der Waals surface area contributed by atoms with E-state index in [1.54, 1.807) is 6.08 Å². The fraction of sp³-hybridized carbons (Fsp3) is 0.200. The van der Waals surface area contributed by atoms with Crippen LogP contribution in [0.3, 0.4) is 0 Å². The lowest BCUT2D eigenvalue weighted by Crippen LogP contribution is -2.11. The highest BCUT2D eigenvalue weighted by atomic mass is 32.1. The highest BCUT2D eigenvalue weighted by Crippen LogP contribution is 2.40. The third kappa shape index (κ3) is 5.61. The zero-order chi connectivity index (χ0) is 22.4. The van der Waals surface area contributed by atoms with Crippen molar-refractivity contribution in [3.63, 3.8) is 0 Å². The fourth-order valence-corrected chi connectivity index (χ4v) is 4.24. The Labute approximate surface area is 186 Å². The molecule has 1 amide bonds. The van der Waals surface area contributed by atoms with Gasteiger partial charge in [-0.25, -0.2) is 4.79 Å². The number of hydrogen-bond acceptors (Lipinski definition) is 5. The van der Waals surface area contributed by atoms with Gasteiger partial charge in [-0.2, -0.15) is 0 Å². The summed E-state index contributed by atoms with van der Waals surface area (Å²) < 4.78 is 10.7. The highest BCUT2D eigenvalue weighted by Gasteiger charge is 2.24. The van der Waals surface area contributed by atoms with Crippen molar-refractivity contribution in [1.29, 1.82) is 0 Å². The number of hydrogen-bond donors (Lipinski definition) is 1. The molecule has 1 heterocycles. The van der Waals surface area contributed by atoms with Crippen molar-refractivity contribution in [3.05, 3.63) is 76.7 Å². The van der Waals surface area contributed by atoms with Crippen molar-refractivity contribution in [1.82, 2.24) is 0 Å². The van der Waals surface area contributed by atoms with E-state index >= 15 is 0 Å². The molecule has 0 bridgehead atoms. The van der Waals surface area contributed by atoms with Gasteiger partial charge in [0.2, 0.25) is 5.91 Å². The topological polar surface area (TPSA) is 64.6 Å². The third-order valence-corrected chi connectivity index (χ3v) is 5.45. The lowest BCUT2D eigenvalue weighted by molar-refractivity contribution is -0.111. The van der Waals surface area contributed by atoms with E-state index in [9.17, 15) is 9.59 Å². The number of ether oxygens (including phenoxy) is 2. The van der Waals surface area contributed by atoms with Gasteiger partial charge in [-0.05, 0) is 50.1 Å². The minimum Gasteiger partial charge on any atom is -0.491 e. The zero-order valence-electron chi connectivity index (χ0n) is 18.0. The molecule has 0 unspecified atom stereocenters. The number of rotatable bonds is 7. The summed E-state index contributed by atoms with van der Waals surface area (Å²) in [5.74, 6) is -0.0749. The normalized spacial score (nSPS) is 11.0. The maximum absolute atomic E-state index is 12.6. The van der Waals surface area contributed by atoms with Crippen molar-refractivity contribution in [3.8, 4) is 16.9 Å². The van der Waals surface area contributed by atoms with Gasteiger partial charge in [-0.15, -0.1) is 11.3 Å². The molecule has 3 aromatic rings. The summed E-state index contributed by atoms with van der Waals surface area (Å²) in [4.78, 5) is 26.0. The first-order valence-electron chi connectivity index (χ1n) is 9.92. The van der Waals surface area contributed by atoms with E-state index in [2.05, 4.69) is 5.32 Å². The van der Waals surface area contributed by atoms with Gasteiger partial charge < -0.3 is 14.8 Å². The molecule has 1 N–H and O–H groups in total. The SMILES string of the molecule is COC(=O)c1c(NC(=O)/C=C/c2cccc(OC(C)C)c2)sc(C)c1-c1ccccc1. The predicted molar refractivity (Wildman–Crippen MR) is 126 cm³/mol. The largest absolute Gasteiger partial charge is 0.491 e. The number of aryl methyl sites for hydroxylation is 1. The number of thiophene rings is 1. The summed E-state index contributed by atoms with van der Waals surface area (Å²) in [5, 5.41) is 3.30. The van der Waals surface area contributed by atoms with Crippen molar-refractivity contribution < 1.29 is 19.1 Å². The summed E-state index contributed by atoms with van der Waals surface area (Å²) in [6, 6.07) is 17.1. The lowest BCUT2D eigenvalue weighted by atomic mass is 10.0. The first-order chi connectivity index (χ1) is 14.9. The predicted octanol–water partition coefficient (Wildman–Crippen LogP) is 5.95. The average Bonchev–Trinajstić information content (AvgIpc) is 3.07. The molecule has 0 aliphatic rings. The van der Waals surface area contributed by atoms with Crippen LogP contribution in [0.1, 0.15) is 34.6 Å². The van der Waals surface area contributed by atoms with Crippen LogP contribution in [0, 0.1) is 6.92 Å². The molecule has 0 saturated heterocycles. The van der Waals surface area contributed by atoms with Crippen molar-refractivity contribution in [2.75, 3.05) is 12.4 Å². The fourth-order valence-electron chi connectivity index (χ4n) is 3.17. The monoisotopic (exact) mass is 435 g/mol. The molecular formula is C25H25NO4S. The summed E-state index contributed by atoms with van der Waals surface area (Å²) >= 11 is 1.35. The molecule has 0 spiro atoms. The summed E-state index contributed by atoms with van der Waals surface area (Å²) in [7, 11) is 1.34. The second-order valence-electron chi connectivity index (χ2n) is 7.16. The van der Waals surface area contributed by atoms with Gasteiger partial charge in [-0.1, -0.05) is 42.5 Å². The molecule has 0 fully saturated rings. The van der Waals surface area contributed by atoms with Crippen LogP contribution >= 0.6 is 11.3 Å². The molecule has 0 radical (unpaired) electrons. The number of carbonyl (C=O) groups is 2. The van der Waals surface area contributed by atoms with Crippen molar-refractivity contribution in [2.45, 2.75) is 26.9 Å². The number of methoxy groups -OCH3 is 1. The molecule has 2 aromatic carbocycles. The summed E-state index contributed by atoms with van der Waals surface area (Å²) in [5.41, 5.74) is 2.88. The number of amides is 1. The molecule has 0 saturated carbocycles. The van der Waals surface area contributed by atoms with Crippen LogP contribution in [0.4, 0.5) is 5.00 Å². The van der Waals surface area contributed by atoms with E-state index in [1.165, 1.54) is 24.5 Å². The lowest BCUT2D eigenvalue weighted by Gasteiger charge is -2.09. The van der Waals surface area contributed by atoms with Crippen LogP contribution < -0.4 is 10.1 Å². The zero-order valence-corrected chi connectivity index (χ0v) is 18.8. The Kier molecular flexibility index (Phi) is 7.26. The smallest absolute Gasteiger partial charge is 0.341 e. The second-order valence-corrected chi connectivity index (χ2v) is 8.38. The first kappa shape index (κ1) is 22.3. The maximum atomic E-state index is 12.6. The standard InChI is InChI=1S/C25H25NO4S/c1-16(2)30-20-12-8-9-18(15-20)13-14-21(27)26-24-23(25(28)29-4)22(17(3)31-24)19-10-6-5-7-11-19/h5-16H,1-4H3,(H,26,27)/b14-13+. The van der Waals surface area contributed by atoms with Crippen molar-refractivity contribution >= 4 is 34.3 Å². The quantitative estimate of drug-likeness (QED) is 0.368. The van der Waals surface area contributed by atoms with Crippen LogP contribution in [-0.2, 0) is 9.53 Å². The van der Waals surface area contributed by atoms with Crippen LogP contribution in [0.15, 0.2) is 60.7 Å². The van der Waals surface area contributed by atoms with Gasteiger partial charge in [-0.3, -0.25) is 4.79 Å². The Morgan fingerprint density at radius 3 is 2.48 bits per heavy atom. The Morgan fingerprint density at radius 1 is 1.06 bits per heavy atom. The van der Waals surface area contributed by atoms with Gasteiger partial charge in [0.1, 0.15) is 16.3 Å². The molecule has 3 rings (SSSR count). The molecule has 0 aliphatic heterocycles. The van der Waals surface area contributed by atoms with E-state index < -0.39 is 5.97 Å². The molecule has 1 aromatic heterocycles. The maximum Gasteiger partial charge on any atom is 0.341 e. The number of benzene rings is 2. The van der Waals surface area contributed by atoms with Gasteiger partial charge in [0.25, 0.3) is 0 Å². The molecule has 5 nitrogen and oxygen atoms in total. The van der Waals surface area contributed by atoms with Crippen molar-refractivity contribution in [2.24, 2.45) is 0 Å². The number of carbonyl (C=O) groups excluding carboxylic acids is 2. The second kappa shape index (κ2) is 10.1. The number of anilines is 1. The molecule has 160 valence electrons. The van der Waals surface area contributed by atoms with E-state index in [4.69, 9.17) is 9.47 Å². The Hall–Kier alpha value is -3.38. The number of esters is 1. The van der Waals surface area contributed by atoms with E-state index in [-0.39, 0.29) is 12.0 Å². The summed E-state index contributed by atoms with van der Waals surface area (Å²) in [6.45, 7) is 5.84. The van der Waals surface area contributed by atoms with Crippen LogP contribution in [0.5, 0.6) is 5.75 Å². The van der Waals surface area contributed by atoms with Gasteiger partial charge in [0.15, 0.2) is 0 Å². The van der Waals surface area contributed by atoms with Gasteiger partial charge in [0, 0.05) is 16.5 Å². The van der Waals surface area contributed by atoms with E-state index in [0.717, 1.165) is 27.3 Å². The molecule has 0 atom stereocenters. The van der Waals surface area contributed by atoms with Crippen LogP contribution in [0.25, 0.3) is 17.2 Å². The third-order valence-electron chi connectivity index (χ3n) is 4.43. The summed E-state index contributed by atoms with van der Waals surface area (Å²) in [6.07, 6.45) is 3.21. The molecule has 0 aliphatic carbocycles. The minimum atomic E-state index is -0.485. The number of nitrogens with one attached hydrogen (secondary N) is 1. The Bertz CT molecular complexity index is 1100.